The van der Waals surface area contributed by atoms with Gasteiger partial charge < -0.3 is 184 Å². The van der Waals surface area contributed by atoms with Gasteiger partial charge in [0.25, 0.3) is 0 Å². The van der Waals surface area contributed by atoms with Crippen LogP contribution in [0, 0.1) is 0 Å². The Bertz CT molecular complexity index is 3070. The third-order valence-electron chi connectivity index (χ3n) is 25.0. The molecule has 0 bridgehead atoms. The summed E-state index contributed by atoms with van der Waals surface area (Å²) >= 11 is 0. The Morgan fingerprint density at radius 1 is 0.320 bits per heavy atom. The number of rotatable bonds is 59. The summed E-state index contributed by atoms with van der Waals surface area (Å²) < 4.78 is 85.4. The number of aliphatic hydroxyl groups excluding tert-OH is 20. The standard InChI is InChI=1S/C88H157N3O37/c1-6-8-10-12-14-16-18-20-21-22-23-24-25-26-27-29-31-33-35-37-39-41-60(101)91-52(53(100)40-38-36-34-32-30-28-19-17-15-13-11-9-7-2)48-115-84-73(112)70(109)76(57(45-95)121-84)123-88-75(114)81(78(59(47-97)122-88)124-82-61(89-50(4)98)67(106)64(103)54(42-92)117-82)128-87-74(113)80(66(105)56(44-94)119-87)127-83-62(90-51(5)99)79(126-85-71(110)68(107)63(102)49(3)116-85)77(58(46-96)120-83)125-86-72(111)69(108)65(104)55(43-93)118-86/h20-21,38,40,49,52-59,61-88,92-97,100,102-114H,6-19,22-37,39,41-48H2,1-5H3,(H,89,98)(H,90,99)(H,91,101)/b21-20-,40-38+/t49?,52-,53+,54?,55?,56?,57?,58?,59?,61?,62?,63+,64-,65-,66-,67+,68?,69-,70+,71-,72?,73?,74?,75?,76+,77+,78-,79+,80-,81+,82-,83-,84+,85+,86-,87+,88-/m0/s1. The van der Waals surface area contributed by atoms with Crippen LogP contribution in [0.1, 0.15) is 240 Å². The monoisotopic (exact) mass is 1850 g/mol. The Balaban J connectivity index is 1.09. The first kappa shape index (κ1) is 112. The van der Waals surface area contributed by atoms with Gasteiger partial charge in [-0.3, -0.25) is 14.4 Å². The number of allylic oxidation sites excluding steroid dienone is 3. The summed E-state index contributed by atoms with van der Waals surface area (Å²) in [6, 6.07) is -4.84. The Hall–Kier alpha value is -3.47. The number of hydrogen-bond donors (Lipinski definition) is 23. The van der Waals surface area contributed by atoms with Crippen LogP contribution in [0.15, 0.2) is 24.3 Å². The highest BCUT2D eigenvalue weighted by Gasteiger charge is 2.61. The highest BCUT2D eigenvalue weighted by molar-refractivity contribution is 5.76. The molecular weight excluding hydrogens is 1690 g/mol. The van der Waals surface area contributed by atoms with E-state index in [2.05, 4.69) is 41.9 Å². The molecule has 746 valence electrons. The van der Waals surface area contributed by atoms with Crippen molar-refractivity contribution in [1.82, 2.24) is 16.0 Å². The van der Waals surface area contributed by atoms with Crippen LogP contribution < -0.4 is 16.0 Å². The zero-order valence-corrected chi connectivity index (χ0v) is 75.1. The molecule has 40 heteroatoms. The summed E-state index contributed by atoms with van der Waals surface area (Å²) in [6.45, 7) is 0.738. The zero-order valence-electron chi connectivity index (χ0n) is 75.1. The predicted molar refractivity (Wildman–Crippen MR) is 453 cm³/mol. The van der Waals surface area contributed by atoms with Crippen molar-refractivity contribution in [2.75, 3.05) is 46.2 Å². The van der Waals surface area contributed by atoms with Crippen LogP contribution in [-0.2, 0) is 80.7 Å². The molecule has 128 heavy (non-hydrogen) atoms. The lowest BCUT2D eigenvalue weighted by Gasteiger charge is -2.52. The second kappa shape index (κ2) is 59.5. The van der Waals surface area contributed by atoms with Gasteiger partial charge in [0.15, 0.2) is 44.0 Å². The first-order valence-electron chi connectivity index (χ1n) is 47.0. The molecule has 0 spiro atoms. The van der Waals surface area contributed by atoms with Crippen LogP contribution in [0.3, 0.4) is 0 Å². The second-order valence-electron chi connectivity index (χ2n) is 35.2. The fourth-order valence-electron chi connectivity index (χ4n) is 17.3. The largest absolute Gasteiger partial charge is 0.394 e. The van der Waals surface area contributed by atoms with E-state index in [4.69, 9.17) is 66.3 Å². The number of carbonyl (C=O) groups is 3. The molecule has 0 radical (unpaired) electrons. The molecule has 7 saturated heterocycles. The number of ether oxygens (including phenoxy) is 14. The van der Waals surface area contributed by atoms with Crippen LogP contribution in [0.2, 0.25) is 0 Å². The summed E-state index contributed by atoms with van der Waals surface area (Å²) in [7, 11) is 0. The molecule has 0 aromatic rings. The van der Waals surface area contributed by atoms with Crippen LogP contribution in [0.5, 0.6) is 0 Å². The lowest BCUT2D eigenvalue weighted by Crippen LogP contribution is -2.71. The Morgan fingerprint density at radius 2 is 0.656 bits per heavy atom. The molecule has 7 aliphatic heterocycles. The van der Waals surface area contributed by atoms with Crippen molar-refractivity contribution in [1.29, 1.82) is 0 Å². The smallest absolute Gasteiger partial charge is 0.220 e. The molecule has 7 aliphatic rings. The minimum atomic E-state index is -2.47. The van der Waals surface area contributed by atoms with Crippen molar-refractivity contribution in [3.63, 3.8) is 0 Å². The summed E-state index contributed by atoms with van der Waals surface area (Å²) in [5.74, 6) is -2.16. The molecule has 37 atom stereocenters. The fourth-order valence-corrected chi connectivity index (χ4v) is 17.3. The van der Waals surface area contributed by atoms with Gasteiger partial charge in [-0.25, -0.2) is 0 Å². The lowest BCUT2D eigenvalue weighted by atomic mass is 9.93. The van der Waals surface area contributed by atoms with Gasteiger partial charge in [-0.05, 0) is 51.9 Å². The van der Waals surface area contributed by atoms with E-state index in [0.29, 0.717) is 12.8 Å². The second-order valence-corrected chi connectivity index (χ2v) is 35.2. The summed E-state index contributed by atoms with van der Waals surface area (Å²) in [6.07, 6.45) is -24.6. The zero-order chi connectivity index (χ0) is 93.5. The number of hydrogen-bond acceptors (Lipinski definition) is 37. The van der Waals surface area contributed by atoms with Crippen LogP contribution in [0.4, 0.5) is 0 Å². The van der Waals surface area contributed by atoms with Crippen LogP contribution in [0.25, 0.3) is 0 Å². The molecule has 7 fully saturated rings. The number of aliphatic hydroxyl groups is 20. The summed E-state index contributed by atoms with van der Waals surface area (Å²) in [4.78, 5) is 39.9. The van der Waals surface area contributed by atoms with Gasteiger partial charge >= 0.3 is 0 Å². The third-order valence-corrected chi connectivity index (χ3v) is 25.0. The molecule has 23 N–H and O–H groups in total. The van der Waals surface area contributed by atoms with E-state index < -0.39 is 285 Å². The van der Waals surface area contributed by atoms with E-state index in [-0.39, 0.29) is 12.3 Å². The lowest BCUT2D eigenvalue weighted by molar-refractivity contribution is -0.404. The maximum atomic E-state index is 13.8. The van der Waals surface area contributed by atoms with Crippen LogP contribution in [-0.4, -0.2) is 393 Å². The average molecular weight is 1850 g/mol. The molecule has 0 aromatic carbocycles. The van der Waals surface area contributed by atoms with Gasteiger partial charge in [0.1, 0.15) is 165 Å². The maximum absolute atomic E-state index is 13.8. The van der Waals surface area contributed by atoms with E-state index in [1.165, 1.54) is 129 Å². The third kappa shape index (κ3) is 33.8. The van der Waals surface area contributed by atoms with Crippen molar-refractivity contribution in [2.45, 2.75) is 467 Å². The SMILES string of the molecule is CCCCCCCC/C=C\CCCCCCCCCCCCCC(=O)N[C@@H](CO[C@@H]1OC(CO)[C@@H](O[C@@H]2OC(CO)[C@H](O[C@@H]3OC(CO)[C@H](O)[C@H](O)C3NC(C)=O)[C@H](O[C@H]3OC(CO)[C@H](O)[C@H](O[C@@H]4OC(CO)[C@@H](O[C@@H]5OC(CO)[C@H](O)[C@H](O)C5O)[C@H](O[C@H]5OC(C)[C@@H](O)C(O)[C@@H]5O)C4NC(C)=O)C3O)C2O)[C@H](O)C1O)[C@H](O)/C=C/CCCCCCCCCCCCC. The normalized spacial score (nSPS) is 37.7. The van der Waals surface area contributed by atoms with E-state index >= 15 is 0 Å². The first-order chi connectivity index (χ1) is 61.5. The quantitative estimate of drug-likeness (QED) is 0.0244. The summed E-state index contributed by atoms with van der Waals surface area (Å²) in [5.41, 5.74) is 0. The molecule has 7 heterocycles. The van der Waals surface area contributed by atoms with Gasteiger partial charge in [-0.15, -0.1) is 0 Å². The Morgan fingerprint density at radius 3 is 1.16 bits per heavy atom. The minimum absolute atomic E-state index is 0.129. The highest BCUT2D eigenvalue weighted by atomic mass is 16.8. The van der Waals surface area contributed by atoms with Gasteiger partial charge in [0.05, 0.1) is 64.5 Å². The molecule has 7 rings (SSSR count). The molecule has 0 saturated carbocycles. The molecular formula is C88H157N3O37. The van der Waals surface area contributed by atoms with Crippen molar-refractivity contribution >= 4 is 17.7 Å². The highest BCUT2D eigenvalue weighted by Crippen LogP contribution is 2.40. The van der Waals surface area contributed by atoms with Gasteiger partial charge in [-0.2, -0.15) is 0 Å². The van der Waals surface area contributed by atoms with Crippen molar-refractivity contribution < 1.29 is 183 Å². The van der Waals surface area contributed by atoms with E-state index in [9.17, 15) is 117 Å². The number of carbonyl (C=O) groups excluding carboxylic acids is 3. The predicted octanol–water partition coefficient (Wildman–Crippen LogP) is -1.46. The van der Waals surface area contributed by atoms with Gasteiger partial charge in [0.2, 0.25) is 17.7 Å². The minimum Gasteiger partial charge on any atom is -0.394 e. The maximum Gasteiger partial charge on any atom is 0.220 e. The molecule has 0 aromatic heterocycles. The topological polar surface area (TPSA) is 621 Å². The number of amides is 3. The van der Waals surface area contributed by atoms with E-state index in [1.807, 2.05) is 6.08 Å². The molecule has 40 nitrogen and oxygen atoms in total. The molecule has 3 amide bonds. The Labute approximate surface area is 751 Å². The van der Waals surface area contributed by atoms with Crippen LogP contribution >= 0.6 is 0 Å². The Kier molecular flexibility index (Phi) is 51.9. The average Bonchev–Trinajstić information content (AvgIpc) is 0.752. The number of nitrogens with one attached hydrogen (secondary N) is 3. The van der Waals surface area contributed by atoms with E-state index in [1.54, 1.807) is 6.08 Å². The molecule has 0 aliphatic carbocycles. The van der Waals surface area contributed by atoms with Gasteiger partial charge in [-0.1, -0.05) is 192 Å². The fraction of sp³-hybridized carbons (Fsp3) is 0.920. The first-order valence-corrected chi connectivity index (χ1v) is 47.0. The number of unbranched alkanes of at least 4 members (excludes halogenated alkanes) is 28. The van der Waals surface area contributed by atoms with E-state index in [0.717, 1.165) is 78.1 Å². The van der Waals surface area contributed by atoms with Crippen molar-refractivity contribution in [3.8, 4) is 0 Å². The van der Waals surface area contributed by atoms with Gasteiger partial charge in [0, 0.05) is 20.3 Å². The molecule has 14 unspecified atom stereocenters. The van der Waals surface area contributed by atoms with Crippen molar-refractivity contribution in [3.05, 3.63) is 24.3 Å². The summed E-state index contributed by atoms with van der Waals surface area (Å²) in [5, 5.41) is 234. The van der Waals surface area contributed by atoms with Crippen molar-refractivity contribution in [2.24, 2.45) is 0 Å².